The molecule has 9 nitrogen and oxygen atoms in total. The summed E-state index contributed by atoms with van der Waals surface area (Å²) >= 11 is 0. The average molecular weight is 424 g/mol. The number of fused-ring (bicyclic) bond motifs is 1. The van der Waals surface area contributed by atoms with E-state index in [-0.39, 0.29) is 36.0 Å². The van der Waals surface area contributed by atoms with E-state index in [2.05, 4.69) is 18.1 Å². The van der Waals surface area contributed by atoms with Crippen molar-refractivity contribution in [2.45, 2.75) is 13.1 Å². The van der Waals surface area contributed by atoms with Crippen LogP contribution in [-0.4, -0.2) is 38.0 Å². The fourth-order valence-electron chi connectivity index (χ4n) is 3.29. The molecule has 2 aromatic heterocycles. The number of phenolic OH excluding ortho intramolecular Hbond substituents is 1. The molecule has 162 valence electrons. The molecule has 0 bridgehead atoms. The summed E-state index contributed by atoms with van der Waals surface area (Å²) < 4.78 is 14.5. The largest absolute Gasteiger partial charge is 0.502 e. The van der Waals surface area contributed by atoms with Gasteiger partial charge in [-0.2, -0.15) is 0 Å². The van der Waals surface area contributed by atoms with Gasteiger partial charge in [0.1, 0.15) is 5.82 Å². The predicted molar refractivity (Wildman–Crippen MR) is 120 cm³/mol. The Bertz CT molecular complexity index is 1290. The molecule has 0 aliphatic carbocycles. The van der Waals surface area contributed by atoms with Crippen LogP contribution in [0.15, 0.2) is 47.0 Å². The highest BCUT2D eigenvalue weighted by Crippen LogP contribution is 2.37. The van der Waals surface area contributed by atoms with E-state index in [0.717, 1.165) is 4.57 Å². The van der Waals surface area contributed by atoms with Crippen molar-refractivity contribution in [3.8, 4) is 17.2 Å². The lowest BCUT2D eigenvalue weighted by atomic mass is 10.1. The summed E-state index contributed by atoms with van der Waals surface area (Å²) in [6.07, 6.45) is 6.51. The maximum atomic E-state index is 12.9. The van der Waals surface area contributed by atoms with E-state index in [1.54, 1.807) is 42.0 Å². The summed E-state index contributed by atoms with van der Waals surface area (Å²) in [6, 6.07) is 3.28. The van der Waals surface area contributed by atoms with E-state index in [0.29, 0.717) is 16.9 Å². The lowest BCUT2D eigenvalue weighted by Gasteiger charge is -2.09. The van der Waals surface area contributed by atoms with E-state index in [1.165, 1.54) is 24.9 Å². The van der Waals surface area contributed by atoms with E-state index in [9.17, 15) is 14.7 Å². The van der Waals surface area contributed by atoms with Gasteiger partial charge < -0.3 is 19.1 Å². The molecule has 0 aliphatic rings. The van der Waals surface area contributed by atoms with Crippen molar-refractivity contribution >= 4 is 23.3 Å². The molecule has 0 amide bonds. The second kappa shape index (κ2) is 8.78. The monoisotopic (exact) mass is 424 g/mol. The van der Waals surface area contributed by atoms with Crippen LogP contribution in [-0.2, 0) is 20.1 Å². The fourth-order valence-corrected chi connectivity index (χ4v) is 3.29. The quantitative estimate of drug-likeness (QED) is 0.556. The Morgan fingerprint density at radius 1 is 1.03 bits per heavy atom. The summed E-state index contributed by atoms with van der Waals surface area (Å²) in [5.74, 6) is 0.889. The SMILES string of the molecule is C=CCn1c(=O)c2c(nc(C=Cc3cc(OC)c(O)c(OC)c3)n2C)n(CC=C)c1=O. The van der Waals surface area contributed by atoms with Crippen LogP contribution in [0.3, 0.4) is 0 Å². The highest BCUT2D eigenvalue weighted by molar-refractivity contribution is 5.77. The van der Waals surface area contributed by atoms with Gasteiger partial charge in [-0.1, -0.05) is 18.2 Å². The Kier molecular flexibility index (Phi) is 6.15. The third-order valence-electron chi connectivity index (χ3n) is 4.83. The minimum absolute atomic E-state index is 0.0915. The highest BCUT2D eigenvalue weighted by Gasteiger charge is 2.18. The topological polar surface area (TPSA) is 101 Å². The van der Waals surface area contributed by atoms with Gasteiger partial charge in [-0.15, -0.1) is 13.2 Å². The molecule has 3 aromatic rings. The molecular formula is C22H24N4O5. The Morgan fingerprint density at radius 3 is 2.16 bits per heavy atom. The summed E-state index contributed by atoms with van der Waals surface area (Å²) in [7, 11) is 4.59. The van der Waals surface area contributed by atoms with Crippen molar-refractivity contribution in [1.82, 2.24) is 18.7 Å². The summed E-state index contributed by atoms with van der Waals surface area (Å²) in [5, 5.41) is 10.1. The highest BCUT2D eigenvalue weighted by atomic mass is 16.5. The molecule has 9 heteroatoms. The third kappa shape index (κ3) is 3.77. The van der Waals surface area contributed by atoms with Gasteiger partial charge in [0, 0.05) is 20.1 Å². The van der Waals surface area contributed by atoms with Gasteiger partial charge in [-0.05, 0) is 23.8 Å². The lowest BCUT2D eigenvalue weighted by molar-refractivity contribution is 0.340. The van der Waals surface area contributed by atoms with Crippen LogP contribution in [0.5, 0.6) is 17.2 Å². The molecule has 0 saturated carbocycles. The number of benzene rings is 1. The zero-order chi connectivity index (χ0) is 22.7. The zero-order valence-electron chi connectivity index (χ0n) is 17.7. The first-order chi connectivity index (χ1) is 14.9. The van der Waals surface area contributed by atoms with Crippen LogP contribution in [0.1, 0.15) is 11.4 Å². The minimum atomic E-state index is -0.473. The van der Waals surface area contributed by atoms with E-state index < -0.39 is 11.2 Å². The number of ether oxygens (including phenoxy) is 2. The zero-order valence-corrected chi connectivity index (χ0v) is 17.7. The third-order valence-corrected chi connectivity index (χ3v) is 4.83. The molecule has 0 aliphatic heterocycles. The maximum absolute atomic E-state index is 12.9. The number of methoxy groups -OCH3 is 2. The second-order valence-corrected chi connectivity index (χ2v) is 6.69. The number of hydrogen-bond acceptors (Lipinski definition) is 6. The first-order valence-electron chi connectivity index (χ1n) is 9.42. The predicted octanol–water partition coefficient (Wildman–Crippen LogP) is 2.16. The van der Waals surface area contributed by atoms with Crippen molar-refractivity contribution in [1.29, 1.82) is 0 Å². The molecule has 2 heterocycles. The first kappa shape index (κ1) is 21.7. The van der Waals surface area contributed by atoms with Crippen LogP contribution in [0, 0.1) is 0 Å². The summed E-state index contributed by atoms with van der Waals surface area (Å²) in [4.78, 5) is 30.2. The van der Waals surface area contributed by atoms with Crippen LogP contribution in [0.2, 0.25) is 0 Å². The van der Waals surface area contributed by atoms with Gasteiger partial charge in [0.25, 0.3) is 5.56 Å². The summed E-state index contributed by atoms with van der Waals surface area (Å²) in [5.41, 5.74) is 0.343. The van der Waals surface area contributed by atoms with Gasteiger partial charge in [0.05, 0.1) is 14.2 Å². The normalized spacial score (nSPS) is 11.2. The molecular weight excluding hydrogens is 400 g/mol. The van der Waals surface area contributed by atoms with E-state index in [1.807, 2.05) is 0 Å². The van der Waals surface area contributed by atoms with Gasteiger partial charge in [0.2, 0.25) is 5.75 Å². The maximum Gasteiger partial charge on any atom is 0.333 e. The van der Waals surface area contributed by atoms with E-state index in [4.69, 9.17) is 9.47 Å². The van der Waals surface area contributed by atoms with Gasteiger partial charge in [0.15, 0.2) is 22.7 Å². The van der Waals surface area contributed by atoms with Crippen LogP contribution in [0.4, 0.5) is 0 Å². The molecule has 0 fully saturated rings. The smallest absolute Gasteiger partial charge is 0.333 e. The number of aromatic hydroxyl groups is 1. The van der Waals surface area contributed by atoms with Crippen molar-refractivity contribution in [2.24, 2.45) is 7.05 Å². The van der Waals surface area contributed by atoms with Gasteiger partial charge in [-0.25, -0.2) is 9.78 Å². The first-order valence-corrected chi connectivity index (χ1v) is 9.42. The second-order valence-electron chi connectivity index (χ2n) is 6.69. The molecule has 1 N–H and O–H groups in total. The van der Waals surface area contributed by atoms with Crippen LogP contribution < -0.4 is 20.7 Å². The number of aryl methyl sites for hydroxylation is 1. The number of nitrogens with zero attached hydrogens (tertiary/aromatic N) is 4. The molecule has 0 radical (unpaired) electrons. The number of hydrogen-bond donors (Lipinski definition) is 1. The number of rotatable bonds is 8. The Balaban J connectivity index is 2.20. The van der Waals surface area contributed by atoms with Crippen LogP contribution >= 0.6 is 0 Å². The molecule has 1 aromatic carbocycles. The average Bonchev–Trinajstić information content (AvgIpc) is 3.09. The molecule has 0 atom stereocenters. The lowest BCUT2D eigenvalue weighted by Crippen LogP contribution is -2.40. The molecule has 0 unspecified atom stereocenters. The Morgan fingerprint density at radius 2 is 1.61 bits per heavy atom. The number of imidazole rings is 1. The molecule has 0 spiro atoms. The number of aromatic nitrogens is 4. The van der Waals surface area contributed by atoms with Crippen LogP contribution in [0.25, 0.3) is 23.3 Å². The molecule has 0 saturated heterocycles. The van der Waals surface area contributed by atoms with Crippen molar-refractivity contribution in [2.75, 3.05) is 14.2 Å². The minimum Gasteiger partial charge on any atom is -0.502 e. The standard InChI is InChI=1S/C22H24N4O5/c1-6-10-25-20-18(21(28)26(11-7-2)22(25)29)24(3)17(23-20)9-8-14-12-15(30-4)19(27)16(13-14)31-5/h6-9,12-13,27H,1-2,10-11H2,3-5H3. The molecule has 3 rings (SSSR count). The number of phenols is 1. The summed E-state index contributed by atoms with van der Waals surface area (Å²) in [6.45, 7) is 7.61. The van der Waals surface area contributed by atoms with Crippen molar-refractivity contribution in [3.63, 3.8) is 0 Å². The molecule has 31 heavy (non-hydrogen) atoms. The van der Waals surface area contributed by atoms with Gasteiger partial charge in [-0.3, -0.25) is 13.9 Å². The fraction of sp³-hybridized carbons (Fsp3) is 0.227. The van der Waals surface area contributed by atoms with Gasteiger partial charge >= 0.3 is 5.69 Å². The Hall–Kier alpha value is -4.01. The van der Waals surface area contributed by atoms with Crippen molar-refractivity contribution < 1.29 is 14.6 Å². The Labute approximate surface area is 178 Å². The van der Waals surface area contributed by atoms with E-state index >= 15 is 0 Å². The van der Waals surface area contributed by atoms with Crippen molar-refractivity contribution in [3.05, 3.63) is 69.7 Å². The number of allylic oxidation sites excluding steroid dienone is 2.